The fraction of sp³-hybridized carbons (Fsp3) is 0.0345. The summed E-state index contributed by atoms with van der Waals surface area (Å²) in [7, 11) is 1.39. The van der Waals surface area contributed by atoms with E-state index in [0.717, 1.165) is 49.4 Å². The van der Waals surface area contributed by atoms with Crippen LogP contribution in [-0.2, 0) is 4.74 Å². The maximum Gasteiger partial charge on any atom is 0.337 e. The molecule has 0 aliphatic rings. The third-order valence-corrected chi connectivity index (χ3v) is 6.23. The number of benzene rings is 4. The van der Waals surface area contributed by atoms with Gasteiger partial charge in [-0.2, -0.15) is 0 Å². The van der Waals surface area contributed by atoms with Crippen molar-refractivity contribution in [2.45, 2.75) is 0 Å². The summed E-state index contributed by atoms with van der Waals surface area (Å²) in [5.74, 6) is -0.348. The molecule has 0 amide bonds. The van der Waals surface area contributed by atoms with Gasteiger partial charge in [0.2, 0.25) is 0 Å². The molecule has 0 saturated heterocycles. The van der Waals surface area contributed by atoms with Gasteiger partial charge in [-0.25, -0.2) is 4.79 Å². The fourth-order valence-electron chi connectivity index (χ4n) is 4.66. The molecule has 0 radical (unpaired) electrons. The summed E-state index contributed by atoms with van der Waals surface area (Å²) in [5, 5.41) is 5.63. The number of pyridine rings is 1. The number of aromatic nitrogens is 2. The SMILES string of the molecule is COC(=O)c1ccc2c(-c3ccc4ccccc4c3-c3nccc4ccccc34)c[nH]c2c1. The van der Waals surface area contributed by atoms with Gasteiger partial charge in [0.15, 0.2) is 0 Å². The van der Waals surface area contributed by atoms with Crippen LogP contribution in [0, 0.1) is 0 Å². The Labute approximate surface area is 190 Å². The number of H-pyrrole nitrogens is 1. The number of carbonyl (C=O) groups is 1. The maximum absolute atomic E-state index is 12.0. The second-order valence-corrected chi connectivity index (χ2v) is 8.04. The topological polar surface area (TPSA) is 55.0 Å². The average molecular weight is 428 g/mol. The number of nitrogens with zero attached hydrogens (tertiary/aromatic N) is 1. The van der Waals surface area contributed by atoms with Crippen molar-refractivity contribution in [3.05, 3.63) is 103 Å². The Morgan fingerprint density at radius 3 is 2.36 bits per heavy atom. The van der Waals surface area contributed by atoms with E-state index in [1.807, 2.05) is 36.7 Å². The van der Waals surface area contributed by atoms with Crippen molar-refractivity contribution in [2.75, 3.05) is 7.11 Å². The molecule has 158 valence electrons. The Kier molecular flexibility index (Phi) is 4.44. The van der Waals surface area contributed by atoms with E-state index in [1.165, 1.54) is 12.5 Å². The first-order valence-electron chi connectivity index (χ1n) is 10.8. The number of nitrogens with one attached hydrogen (secondary N) is 1. The molecule has 2 heterocycles. The first-order chi connectivity index (χ1) is 16.2. The molecule has 6 rings (SSSR count). The number of methoxy groups -OCH3 is 1. The molecule has 0 saturated carbocycles. The quantitative estimate of drug-likeness (QED) is 0.309. The van der Waals surface area contributed by atoms with Crippen LogP contribution in [0.5, 0.6) is 0 Å². The van der Waals surface area contributed by atoms with E-state index in [2.05, 4.69) is 65.6 Å². The normalized spacial score (nSPS) is 11.3. The summed E-state index contributed by atoms with van der Waals surface area (Å²) in [5.41, 5.74) is 5.63. The Hall–Kier alpha value is -4.44. The molecule has 2 aromatic heterocycles. The summed E-state index contributed by atoms with van der Waals surface area (Å²) >= 11 is 0. The van der Waals surface area contributed by atoms with Gasteiger partial charge in [-0.05, 0) is 39.9 Å². The minimum absolute atomic E-state index is 0.348. The van der Waals surface area contributed by atoms with Crippen LogP contribution in [0.15, 0.2) is 97.3 Å². The zero-order chi connectivity index (χ0) is 22.4. The second kappa shape index (κ2) is 7.61. The van der Waals surface area contributed by atoms with Crippen molar-refractivity contribution in [3.8, 4) is 22.4 Å². The molecule has 4 nitrogen and oxygen atoms in total. The zero-order valence-corrected chi connectivity index (χ0v) is 18.0. The predicted molar refractivity (Wildman–Crippen MR) is 133 cm³/mol. The van der Waals surface area contributed by atoms with Gasteiger partial charge < -0.3 is 9.72 Å². The van der Waals surface area contributed by atoms with E-state index in [0.29, 0.717) is 5.56 Å². The molecule has 0 aliphatic carbocycles. The molecule has 0 unspecified atom stereocenters. The highest BCUT2D eigenvalue weighted by Gasteiger charge is 2.18. The molecule has 0 aliphatic heterocycles. The lowest BCUT2D eigenvalue weighted by Gasteiger charge is -2.15. The van der Waals surface area contributed by atoms with Crippen molar-refractivity contribution in [1.29, 1.82) is 0 Å². The van der Waals surface area contributed by atoms with Gasteiger partial charge >= 0.3 is 5.97 Å². The highest BCUT2D eigenvalue weighted by molar-refractivity contribution is 6.12. The molecule has 4 heteroatoms. The third-order valence-electron chi connectivity index (χ3n) is 6.23. The number of ether oxygens (including phenoxy) is 1. The van der Waals surface area contributed by atoms with Crippen LogP contribution in [0.25, 0.3) is 54.8 Å². The highest BCUT2D eigenvalue weighted by Crippen LogP contribution is 2.42. The van der Waals surface area contributed by atoms with Gasteiger partial charge in [-0.15, -0.1) is 0 Å². The van der Waals surface area contributed by atoms with Crippen molar-refractivity contribution < 1.29 is 9.53 Å². The summed E-state index contributed by atoms with van der Waals surface area (Å²) in [6, 6.07) is 28.7. The van der Waals surface area contributed by atoms with Gasteiger partial charge in [0, 0.05) is 39.8 Å². The van der Waals surface area contributed by atoms with Crippen LogP contribution >= 0.6 is 0 Å². The van der Waals surface area contributed by atoms with Crippen molar-refractivity contribution >= 4 is 38.4 Å². The van der Waals surface area contributed by atoms with E-state index >= 15 is 0 Å². The molecule has 6 aromatic rings. The molecule has 1 N–H and O–H groups in total. The average Bonchev–Trinajstić information content (AvgIpc) is 3.30. The lowest BCUT2D eigenvalue weighted by Crippen LogP contribution is -2.00. The van der Waals surface area contributed by atoms with Crippen LogP contribution in [0.2, 0.25) is 0 Å². The summed E-state index contributed by atoms with van der Waals surface area (Å²) in [6.07, 6.45) is 3.88. The summed E-state index contributed by atoms with van der Waals surface area (Å²) < 4.78 is 4.88. The predicted octanol–water partition coefficient (Wildman–Crippen LogP) is 6.99. The molecule has 0 atom stereocenters. The monoisotopic (exact) mass is 428 g/mol. The molecule has 0 fully saturated rings. The van der Waals surface area contributed by atoms with Crippen LogP contribution in [0.4, 0.5) is 0 Å². The highest BCUT2D eigenvalue weighted by atomic mass is 16.5. The van der Waals surface area contributed by atoms with Gasteiger partial charge in [0.05, 0.1) is 18.4 Å². The third kappa shape index (κ3) is 3.07. The van der Waals surface area contributed by atoms with E-state index < -0.39 is 0 Å². The Balaban J connectivity index is 1.68. The Bertz CT molecular complexity index is 1680. The number of rotatable bonds is 3. The summed E-state index contributed by atoms with van der Waals surface area (Å²) in [6.45, 7) is 0. The van der Waals surface area contributed by atoms with Crippen molar-refractivity contribution in [2.24, 2.45) is 0 Å². The van der Waals surface area contributed by atoms with Crippen LogP contribution in [0.1, 0.15) is 10.4 Å². The van der Waals surface area contributed by atoms with Gasteiger partial charge in [0.1, 0.15) is 0 Å². The molecular formula is C29H20N2O2. The minimum Gasteiger partial charge on any atom is -0.465 e. The zero-order valence-electron chi connectivity index (χ0n) is 18.0. The lowest BCUT2D eigenvalue weighted by molar-refractivity contribution is 0.0601. The van der Waals surface area contributed by atoms with E-state index in [-0.39, 0.29) is 5.97 Å². The fourth-order valence-corrected chi connectivity index (χ4v) is 4.66. The number of carbonyl (C=O) groups excluding carboxylic acids is 1. The first-order valence-corrected chi connectivity index (χ1v) is 10.8. The number of esters is 1. The molecule has 0 spiro atoms. The van der Waals surface area contributed by atoms with E-state index in [1.54, 1.807) is 0 Å². The number of hydrogen-bond donors (Lipinski definition) is 1. The molecule has 33 heavy (non-hydrogen) atoms. The molecular weight excluding hydrogens is 408 g/mol. The lowest BCUT2D eigenvalue weighted by atomic mass is 9.90. The minimum atomic E-state index is -0.348. The van der Waals surface area contributed by atoms with Gasteiger partial charge in [-0.3, -0.25) is 4.98 Å². The molecule has 4 aromatic carbocycles. The molecule has 0 bridgehead atoms. The standard InChI is InChI=1S/C29H20N2O2/c1-33-29(32)20-11-12-23-25(17-31-26(23)16-20)24-13-10-18-6-2-4-8-21(18)27(24)28-22-9-5-3-7-19(22)14-15-30-28/h2-17,31H,1H3. The number of hydrogen-bond acceptors (Lipinski definition) is 3. The summed E-state index contributed by atoms with van der Waals surface area (Å²) in [4.78, 5) is 20.2. The first kappa shape index (κ1) is 19.3. The number of aromatic amines is 1. The van der Waals surface area contributed by atoms with Crippen molar-refractivity contribution in [3.63, 3.8) is 0 Å². The van der Waals surface area contributed by atoms with Crippen LogP contribution in [0.3, 0.4) is 0 Å². The van der Waals surface area contributed by atoms with Crippen molar-refractivity contribution in [1.82, 2.24) is 9.97 Å². The smallest absolute Gasteiger partial charge is 0.337 e. The Morgan fingerprint density at radius 1 is 0.788 bits per heavy atom. The number of fused-ring (bicyclic) bond motifs is 3. The Morgan fingerprint density at radius 2 is 1.55 bits per heavy atom. The van der Waals surface area contributed by atoms with Gasteiger partial charge in [-0.1, -0.05) is 66.7 Å². The van der Waals surface area contributed by atoms with E-state index in [4.69, 9.17) is 9.72 Å². The second-order valence-electron chi connectivity index (χ2n) is 8.04. The maximum atomic E-state index is 12.0. The van der Waals surface area contributed by atoms with Crippen LogP contribution in [-0.4, -0.2) is 23.0 Å². The van der Waals surface area contributed by atoms with E-state index in [9.17, 15) is 4.79 Å². The van der Waals surface area contributed by atoms with Crippen LogP contribution < -0.4 is 0 Å². The largest absolute Gasteiger partial charge is 0.465 e. The van der Waals surface area contributed by atoms with Gasteiger partial charge in [0.25, 0.3) is 0 Å².